The van der Waals surface area contributed by atoms with E-state index >= 15 is 9.13 Å². The standard InChI is InChI=1S/C37H30O2P2/c1-27-26-34-35(27)37(41(39,30-20-10-4-11-21-30)31-22-12-5-13-23-31)33-25-15-14-24-32(33)36(34)40(38,28-16-6-2-7-17-28)29-18-8-3-9-19-29/h2-25,27H,26H2,1H3. The van der Waals surface area contributed by atoms with Crippen molar-refractivity contribution < 1.29 is 9.13 Å². The second-order valence-electron chi connectivity index (χ2n) is 10.8. The largest absolute Gasteiger partial charge is 0.309 e. The highest BCUT2D eigenvalue weighted by Crippen LogP contribution is 2.54. The average Bonchev–Trinajstić information content (AvgIpc) is 3.04. The molecule has 0 aromatic heterocycles. The Morgan fingerprint density at radius 2 is 0.780 bits per heavy atom. The van der Waals surface area contributed by atoms with Gasteiger partial charge in [-0.05, 0) is 34.2 Å². The molecule has 1 atom stereocenters. The average molecular weight is 569 g/mol. The van der Waals surface area contributed by atoms with Crippen LogP contribution in [0, 0.1) is 0 Å². The second kappa shape index (κ2) is 10.1. The number of rotatable bonds is 6. The first-order valence-electron chi connectivity index (χ1n) is 14.1. The van der Waals surface area contributed by atoms with E-state index in [-0.39, 0.29) is 5.92 Å². The molecule has 1 aliphatic rings. The van der Waals surface area contributed by atoms with Gasteiger partial charge in [-0.2, -0.15) is 0 Å². The van der Waals surface area contributed by atoms with Gasteiger partial charge in [0.2, 0.25) is 0 Å². The maximum absolute atomic E-state index is 15.8. The smallest absolute Gasteiger partial charge is 0.171 e. The molecule has 41 heavy (non-hydrogen) atoms. The van der Waals surface area contributed by atoms with Gasteiger partial charge in [0.05, 0.1) is 0 Å². The third-order valence-corrected chi connectivity index (χ3v) is 14.8. The molecule has 0 heterocycles. The first kappa shape index (κ1) is 26.0. The van der Waals surface area contributed by atoms with Crippen LogP contribution in [-0.2, 0) is 15.6 Å². The lowest BCUT2D eigenvalue weighted by Gasteiger charge is -2.39. The van der Waals surface area contributed by atoms with E-state index < -0.39 is 14.3 Å². The normalized spacial score (nSPS) is 14.8. The van der Waals surface area contributed by atoms with Crippen molar-refractivity contribution in [3.8, 4) is 0 Å². The Hall–Kier alpha value is -3.96. The Balaban J connectivity index is 1.65. The molecule has 200 valence electrons. The fourth-order valence-electron chi connectivity index (χ4n) is 6.55. The van der Waals surface area contributed by atoms with E-state index in [0.29, 0.717) is 0 Å². The Labute approximate surface area is 241 Å². The van der Waals surface area contributed by atoms with Crippen molar-refractivity contribution in [1.29, 1.82) is 0 Å². The van der Waals surface area contributed by atoms with Crippen molar-refractivity contribution in [2.24, 2.45) is 0 Å². The lowest BCUT2D eigenvalue weighted by Crippen LogP contribution is -2.40. The molecule has 6 aromatic carbocycles. The Morgan fingerprint density at radius 1 is 0.463 bits per heavy atom. The molecular formula is C37H30O2P2. The summed E-state index contributed by atoms with van der Waals surface area (Å²) in [7, 11) is -6.55. The van der Waals surface area contributed by atoms with E-state index in [2.05, 4.69) is 19.1 Å². The van der Waals surface area contributed by atoms with Crippen molar-refractivity contribution in [1.82, 2.24) is 0 Å². The molecule has 0 aliphatic heterocycles. The molecule has 0 fully saturated rings. The molecule has 1 unspecified atom stereocenters. The molecule has 2 nitrogen and oxygen atoms in total. The molecule has 1 aliphatic carbocycles. The van der Waals surface area contributed by atoms with Gasteiger partial charge in [0, 0.05) is 31.8 Å². The van der Waals surface area contributed by atoms with Crippen molar-refractivity contribution in [2.45, 2.75) is 19.3 Å². The van der Waals surface area contributed by atoms with E-state index in [1.54, 1.807) is 0 Å². The summed E-state index contributed by atoms with van der Waals surface area (Å²) >= 11 is 0. The minimum Gasteiger partial charge on any atom is -0.309 e. The third kappa shape index (κ3) is 3.93. The predicted octanol–water partition coefficient (Wildman–Crippen LogP) is 6.78. The number of hydrogen-bond acceptors (Lipinski definition) is 2. The van der Waals surface area contributed by atoms with Gasteiger partial charge in [-0.3, -0.25) is 0 Å². The van der Waals surface area contributed by atoms with Crippen LogP contribution in [0.25, 0.3) is 10.8 Å². The van der Waals surface area contributed by atoms with Crippen LogP contribution in [0.1, 0.15) is 24.0 Å². The van der Waals surface area contributed by atoms with Gasteiger partial charge in [-0.1, -0.05) is 153 Å². The first-order valence-corrected chi connectivity index (χ1v) is 17.5. The highest BCUT2D eigenvalue weighted by Gasteiger charge is 2.44. The monoisotopic (exact) mass is 568 g/mol. The number of fused-ring (bicyclic) bond motifs is 2. The lowest BCUT2D eigenvalue weighted by molar-refractivity contribution is 0.589. The Bertz CT molecular complexity index is 1880. The van der Waals surface area contributed by atoms with Gasteiger partial charge in [-0.25, -0.2) is 0 Å². The fraction of sp³-hybridized carbons (Fsp3) is 0.0811. The maximum Gasteiger partial charge on any atom is 0.171 e. The van der Waals surface area contributed by atoms with E-state index in [1.807, 2.05) is 133 Å². The molecule has 0 N–H and O–H groups in total. The summed E-state index contributed by atoms with van der Waals surface area (Å²) in [5.74, 6) is 0.198. The van der Waals surface area contributed by atoms with Crippen LogP contribution < -0.4 is 31.8 Å². The highest BCUT2D eigenvalue weighted by atomic mass is 31.2. The Kier molecular flexibility index (Phi) is 6.43. The Morgan fingerprint density at radius 3 is 1.15 bits per heavy atom. The zero-order chi connectivity index (χ0) is 28.0. The predicted molar refractivity (Wildman–Crippen MR) is 175 cm³/mol. The van der Waals surface area contributed by atoms with Gasteiger partial charge < -0.3 is 9.13 Å². The number of hydrogen-bond donors (Lipinski definition) is 0. The molecule has 4 heteroatoms. The number of benzene rings is 6. The molecule has 0 saturated heterocycles. The van der Waals surface area contributed by atoms with Gasteiger partial charge in [0.15, 0.2) is 14.3 Å². The van der Waals surface area contributed by atoms with Crippen LogP contribution in [0.2, 0.25) is 0 Å². The zero-order valence-electron chi connectivity index (χ0n) is 22.9. The van der Waals surface area contributed by atoms with Crippen molar-refractivity contribution in [2.75, 3.05) is 0 Å². The molecule has 7 rings (SSSR count). The van der Waals surface area contributed by atoms with E-state index in [9.17, 15) is 0 Å². The van der Waals surface area contributed by atoms with E-state index in [1.165, 1.54) is 0 Å². The van der Waals surface area contributed by atoms with Crippen LogP contribution in [0.15, 0.2) is 146 Å². The van der Waals surface area contributed by atoms with E-state index in [0.717, 1.165) is 60.1 Å². The quantitative estimate of drug-likeness (QED) is 0.208. The molecular weight excluding hydrogens is 538 g/mol. The molecule has 0 amide bonds. The van der Waals surface area contributed by atoms with Gasteiger partial charge in [-0.15, -0.1) is 0 Å². The fourth-order valence-corrected chi connectivity index (χ4v) is 12.9. The van der Waals surface area contributed by atoms with Crippen molar-refractivity contribution in [3.63, 3.8) is 0 Å². The topological polar surface area (TPSA) is 34.1 Å². The molecule has 6 aromatic rings. The summed E-state index contributed by atoms with van der Waals surface area (Å²) in [5.41, 5.74) is 2.19. The summed E-state index contributed by atoms with van der Waals surface area (Å²) in [6.07, 6.45) is 0.801. The van der Waals surface area contributed by atoms with Crippen LogP contribution in [0.5, 0.6) is 0 Å². The minimum absolute atomic E-state index is 0.198. The van der Waals surface area contributed by atoms with Crippen molar-refractivity contribution >= 4 is 56.9 Å². The highest BCUT2D eigenvalue weighted by molar-refractivity contribution is 7.86. The summed E-state index contributed by atoms with van der Waals surface area (Å²) in [4.78, 5) is 0. The van der Waals surface area contributed by atoms with Gasteiger partial charge in [0.1, 0.15) is 0 Å². The van der Waals surface area contributed by atoms with Crippen molar-refractivity contribution in [3.05, 3.63) is 157 Å². The van der Waals surface area contributed by atoms with Crippen LogP contribution in [0.4, 0.5) is 0 Å². The van der Waals surface area contributed by atoms with E-state index in [4.69, 9.17) is 0 Å². The molecule has 0 bridgehead atoms. The first-order chi connectivity index (χ1) is 20.0. The SMILES string of the molecule is CC1Cc2c1c(P(=O)(c1ccccc1)c1ccccc1)c1ccccc1c2P(=O)(c1ccccc1)c1ccccc1. The summed E-state index contributed by atoms with van der Waals surface area (Å²) < 4.78 is 31.6. The summed E-state index contributed by atoms with van der Waals surface area (Å²) in [6.45, 7) is 2.21. The zero-order valence-corrected chi connectivity index (χ0v) is 24.6. The minimum atomic E-state index is -3.28. The van der Waals surface area contributed by atoms with Gasteiger partial charge in [0.25, 0.3) is 0 Å². The van der Waals surface area contributed by atoms with Crippen LogP contribution >= 0.6 is 14.3 Å². The van der Waals surface area contributed by atoms with Crippen LogP contribution in [-0.4, -0.2) is 0 Å². The molecule has 0 radical (unpaired) electrons. The third-order valence-electron chi connectivity index (χ3n) is 8.42. The second-order valence-corrected chi connectivity index (χ2v) is 16.2. The van der Waals surface area contributed by atoms with Crippen LogP contribution in [0.3, 0.4) is 0 Å². The summed E-state index contributed by atoms with van der Waals surface area (Å²) in [5, 5.41) is 6.93. The van der Waals surface area contributed by atoms with Gasteiger partial charge >= 0.3 is 0 Å². The molecule has 0 spiro atoms. The summed E-state index contributed by atoms with van der Waals surface area (Å²) in [6, 6.07) is 47.7. The lowest BCUT2D eigenvalue weighted by atomic mass is 9.77. The molecule has 0 saturated carbocycles. The maximum atomic E-state index is 15.8.